The lowest BCUT2D eigenvalue weighted by molar-refractivity contribution is -0.116. The fourth-order valence-electron chi connectivity index (χ4n) is 3.14. The second-order valence-electron chi connectivity index (χ2n) is 6.57. The molecule has 3 heteroatoms. The van der Waals surface area contributed by atoms with E-state index in [1.807, 2.05) is 62.6 Å². The molecule has 0 aliphatic heterocycles. The van der Waals surface area contributed by atoms with Gasteiger partial charge >= 0.3 is 0 Å². The molecule has 1 heterocycles. The van der Waals surface area contributed by atoms with Gasteiger partial charge in [0, 0.05) is 18.1 Å². The highest BCUT2D eigenvalue weighted by Crippen LogP contribution is 2.26. The minimum Gasteiger partial charge on any atom is -0.346 e. The van der Waals surface area contributed by atoms with E-state index < -0.39 is 0 Å². The van der Waals surface area contributed by atoms with Gasteiger partial charge in [0.15, 0.2) is 0 Å². The van der Waals surface area contributed by atoms with Crippen molar-refractivity contribution in [3.8, 4) is 0 Å². The predicted molar refractivity (Wildman–Crippen MR) is 103 cm³/mol. The summed E-state index contributed by atoms with van der Waals surface area (Å²) in [6.07, 6.45) is 4.43. The molecule has 1 aromatic heterocycles. The molecule has 128 valence electrons. The Kier molecular flexibility index (Phi) is 5.03. The molecular weight excluding hydrogens is 308 g/mol. The molecule has 0 bridgehead atoms. The van der Waals surface area contributed by atoms with Crippen LogP contribution < -0.4 is 5.32 Å². The number of aromatic nitrogens is 1. The average molecular weight is 332 g/mol. The summed E-state index contributed by atoms with van der Waals surface area (Å²) in [5.74, 6) is 0.0238. The summed E-state index contributed by atoms with van der Waals surface area (Å²) in [7, 11) is 0. The summed E-state index contributed by atoms with van der Waals surface area (Å²) >= 11 is 0. The molecular formula is C22H24N2O. The number of nitrogens with zero attached hydrogens (tertiary/aromatic N) is 1. The van der Waals surface area contributed by atoms with Crippen LogP contribution in [0.3, 0.4) is 0 Å². The van der Waals surface area contributed by atoms with Crippen LogP contribution in [0.25, 0.3) is 0 Å². The van der Waals surface area contributed by atoms with Crippen molar-refractivity contribution in [3.05, 3.63) is 89.2 Å². The normalized spacial score (nSPS) is 12.0. The van der Waals surface area contributed by atoms with E-state index in [0.717, 1.165) is 16.8 Å². The Morgan fingerprint density at radius 1 is 0.960 bits per heavy atom. The molecule has 0 fully saturated rings. The third-order valence-electron chi connectivity index (χ3n) is 4.58. The van der Waals surface area contributed by atoms with Crippen molar-refractivity contribution in [3.63, 3.8) is 0 Å². The van der Waals surface area contributed by atoms with Gasteiger partial charge in [0.1, 0.15) is 0 Å². The van der Waals surface area contributed by atoms with Crippen LogP contribution in [0.5, 0.6) is 0 Å². The van der Waals surface area contributed by atoms with Crippen molar-refractivity contribution in [1.29, 1.82) is 0 Å². The van der Waals surface area contributed by atoms with Crippen LogP contribution in [0.4, 0.5) is 5.69 Å². The van der Waals surface area contributed by atoms with E-state index >= 15 is 0 Å². The molecule has 0 saturated heterocycles. The molecule has 0 spiro atoms. The zero-order chi connectivity index (χ0) is 17.8. The first kappa shape index (κ1) is 17.0. The first-order valence-electron chi connectivity index (χ1n) is 8.59. The zero-order valence-electron chi connectivity index (χ0n) is 15.0. The summed E-state index contributed by atoms with van der Waals surface area (Å²) in [6.45, 7) is 6.14. The van der Waals surface area contributed by atoms with Crippen molar-refractivity contribution in [1.82, 2.24) is 4.57 Å². The maximum absolute atomic E-state index is 12.7. The number of rotatable bonds is 5. The second-order valence-corrected chi connectivity index (χ2v) is 6.57. The molecule has 3 nitrogen and oxygen atoms in total. The lowest BCUT2D eigenvalue weighted by atomic mass is 9.98. The Bertz CT molecular complexity index is 865. The Morgan fingerprint density at radius 3 is 2.40 bits per heavy atom. The van der Waals surface area contributed by atoms with Crippen LogP contribution in [0.1, 0.15) is 34.7 Å². The van der Waals surface area contributed by atoms with Crippen molar-refractivity contribution < 1.29 is 4.79 Å². The molecule has 1 atom stereocenters. The minimum atomic E-state index is -0.0127. The van der Waals surface area contributed by atoms with Crippen LogP contribution in [0, 0.1) is 20.8 Å². The fourth-order valence-corrected chi connectivity index (χ4v) is 3.14. The second kappa shape index (κ2) is 7.39. The molecule has 0 saturated carbocycles. The third kappa shape index (κ3) is 4.00. The molecule has 3 rings (SSSR count). The Balaban J connectivity index is 1.85. The molecule has 0 unspecified atom stereocenters. The van der Waals surface area contributed by atoms with Gasteiger partial charge in [-0.1, -0.05) is 36.4 Å². The topological polar surface area (TPSA) is 34.0 Å². The van der Waals surface area contributed by atoms with Gasteiger partial charge in [-0.25, -0.2) is 0 Å². The highest BCUT2D eigenvalue weighted by atomic mass is 16.1. The number of carbonyl (C=O) groups excluding carboxylic acids is 1. The lowest BCUT2D eigenvalue weighted by Crippen LogP contribution is -2.20. The van der Waals surface area contributed by atoms with Crippen molar-refractivity contribution in [2.75, 3.05) is 5.32 Å². The summed E-state index contributed by atoms with van der Waals surface area (Å²) in [5, 5.41) is 3.08. The van der Waals surface area contributed by atoms with Gasteiger partial charge < -0.3 is 9.88 Å². The molecule has 3 aromatic rings. The number of nitrogens with one attached hydrogen (secondary N) is 1. The van der Waals surface area contributed by atoms with Gasteiger partial charge in [-0.2, -0.15) is 0 Å². The number of hydrogen-bond donors (Lipinski definition) is 1. The van der Waals surface area contributed by atoms with Crippen LogP contribution in [-0.4, -0.2) is 10.5 Å². The van der Waals surface area contributed by atoms with E-state index in [2.05, 4.69) is 35.0 Å². The molecule has 25 heavy (non-hydrogen) atoms. The summed E-state index contributed by atoms with van der Waals surface area (Å²) in [6, 6.07) is 18.3. The Morgan fingerprint density at radius 2 is 1.68 bits per heavy atom. The van der Waals surface area contributed by atoms with E-state index in [4.69, 9.17) is 0 Å². The largest absolute Gasteiger partial charge is 0.346 e. The van der Waals surface area contributed by atoms with E-state index in [0.29, 0.717) is 6.42 Å². The van der Waals surface area contributed by atoms with Gasteiger partial charge in [0.25, 0.3) is 0 Å². The first-order valence-corrected chi connectivity index (χ1v) is 8.59. The minimum absolute atomic E-state index is 0.0127. The van der Waals surface area contributed by atoms with E-state index in [-0.39, 0.29) is 11.9 Å². The van der Waals surface area contributed by atoms with Gasteiger partial charge in [-0.3, -0.25) is 4.79 Å². The Labute approximate surface area is 149 Å². The summed E-state index contributed by atoms with van der Waals surface area (Å²) < 4.78 is 2.10. The first-order chi connectivity index (χ1) is 12.0. The van der Waals surface area contributed by atoms with Crippen molar-refractivity contribution in [2.24, 2.45) is 0 Å². The number of carbonyl (C=O) groups is 1. The maximum Gasteiger partial charge on any atom is 0.226 e. The van der Waals surface area contributed by atoms with Gasteiger partial charge in [0.05, 0.1) is 12.5 Å². The summed E-state index contributed by atoms with van der Waals surface area (Å²) in [4.78, 5) is 12.7. The smallest absolute Gasteiger partial charge is 0.226 e. The molecule has 1 amide bonds. The number of aryl methyl sites for hydroxylation is 3. The predicted octanol–water partition coefficient (Wildman–Crippen LogP) is 5.03. The van der Waals surface area contributed by atoms with Gasteiger partial charge in [-0.05, 0) is 61.2 Å². The van der Waals surface area contributed by atoms with Crippen molar-refractivity contribution >= 4 is 11.6 Å². The molecule has 0 aliphatic carbocycles. The van der Waals surface area contributed by atoms with Crippen LogP contribution >= 0.6 is 0 Å². The van der Waals surface area contributed by atoms with Gasteiger partial charge in [0.2, 0.25) is 5.91 Å². The zero-order valence-corrected chi connectivity index (χ0v) is 15.0. The number of amides is 1. The van der Waals surface area contributed by atoms with Gasteiger partial charge in [-0.15, -0.1) is 0 Å². The highest BCUT2D eigenvalue weighted by Gasteiger charge is 2.19. The van der Waals surface area contributed by atoms with Crippen molar-refractivity contribution in [2.45, 2.75) is 33.2 Å². The maximum atomic E-state index is 12.7. The molecule has 0 radical (unpaired) electrons. The molecule has 2 aromatic carbocycles. The SMILES string of the molecule is Cc1ccc(C)c(NC(=O)C[C@@H](c2ccccc2C)n2cccc2)c1. The molecule has 1 N–H and O–H groups in total. The van der Waals surface area contributed by atoms with E-state index in [1.54, 1.807) is 0 Å². The fraction of sp³-hybridized carbons (Fsp3) is 0.227. The number of benzene rings is 2. The standard InChI is InChI=1S/C22H24N2O/c1-16-10-11-18(3)20(14-16)23-22(25)15-21(24-12-6-7-13-24)19-9-5-4-8-17(19)2/h4-14,21H,15H2,1-3H3,(H,23,25)/t21-/m0/s1. The number of anilines is 1. The quantitative estimate of drug-likeness (QED) is 0.698. The number of hydrogen-bond acceptors (Lipinski definition) is 1. The Hall–Kier alpha value is -2.81. The van der Waals surface area contributed by atoms with Crippen LogP contribution in [-0.2, 0) is 4.79 Å². The van der Waals surface area contributed by atoms with Crippen LogP contribution in [0.2, 0.25) is 0 Å². The summed E-state index contributed by atoms with van der Waals surface area (Å²) in [5.41, 5.74) is 5.48. The monoisotopic (exact) mass is 332 g/mol. The van der Waals surface area contributed by atoms with Crippen LogP contribution in [0.15, 0.2) is 67.0 Å². The third-order valence-corrected chi connectivity index (χ3v) is 4.58. The molecule has 0 aliphatic rings. The highest BCUT2D eigenvalue weighted by molar-refractivity contribution is 5.92. The lowest BCUT2D eigenvalue weighted by Gasteiger charge is -2.21. The van der Waals surface area contributed by atoms with E-state index in [1.165, 1.54) is 11.1 Å². The van der Waals surface area contributed by atoms with E-state index in [9.17, 15) is 4.79 Å². The average Bonchev–Trinajstić information content (AvgIpc) is 3.11.